The lowest BCUT2D eigenvalue weighted by Gasteiger charge is -2.17. The van der Waals surface area contributed by atoms with Gasteiger partial charge in [-0.2, -0.15) is 0 Å². The van der Waals surface area contributed by atoms with E-state index in [1.165, 1.54) is 5.56 Å². The summed E-state index contributed by atoms with van der Waals surface area (Å²) in [6.07, 6.45) is 0.390. The Morgan fingerprint density at radius 1 is 1.31 bits per heavy atom. The molecule has 3 nitrogen and oxygen atoms in total. The second-order valence-corrected chi connectivity index (χ2v) is 4.29. The Balaban J connectivity index is 2.35. The summed E-state index contributed by atoms with van der Waals surface area (Å²) in [5, 5.41) is 3.31. The summed E-state index contributed by atoms with van der Waals surface area (Å²) in [6.45, 7) is 5.00. The van der Waals surface area contributed by atoms with Gasteiger partial charge in [-0.25, -0.2) is 0 Å². The molecule has 0 spiro atoms. The van der Waals surface area contributed by atoms with Gasteiger partial charge in [0.15, 0.2) is 0 Å². The highest BCUT2D eigenvalue weighted by Gasteiger charge is 2.08. The first kappa shape index (κ1) is 12.7. The van der Waals surface area contributed by atoms with E-state index >= 15 is 0 Å². The topological polar surface area (TPSA) is 55.1 Å². The number of amides is 1. The smallest absolute Gasteiger partial charge is 0.218 e. The van der Waals surface area contributed by atoms with Crippen LogP contribution in [0.4, 0.5) is 0 Å². The maximum atomic E-state index is 10.7. The van der Waals surface area contributed by atoms with E-state index in [0.717, 1.165) is 6.54 Å². The molecule has 1 amide bonds. The van der Waals surface area contributed by atoms with Gasteiger partial charge in [0.2, 0.25) is 5.91 Å². The number of nitrogens with two attached hydrogens (primary N) is 1. The monoisotopic (exact) mass is 220 g/mol. The summed E-state index contributed by atoms with van der Waals surface area (Å²) >= 11 is 0. The van der Waals surface area contributed by atoms with Crippen LogP contribution in [0.1, 0.15) is 31.7 Å². The minimum absolute atomic E-state index is 0.142. The van der Waals surface area contributed by atoms with Crippen molar-refractivity contribution in [1.29, 1.82) is 0 Å². The zero-order chi connectivity index (χ0) is 12.0. The molecule has 0 bridgehead atoms. The molecule has 0 saturated heterocycles. The Morgan fingerprint density at radius 2 is 1.94 bits per heavy atom. The fourth-order valence-electron chi connectivity index (χ4n) is 1.65. The van der Waals surface area contributed by atoms with Crippen molar-refractivity contribution in [2.45, 2.75) is 32.2 Å². The number of benzene rings is 1. The highest BCUT2D eigenvalue weighted by molar-refractivity contribution is 5.74. The van der Waals surface area contributed by atoms with Crippen LogP contribution in [0.2, 0.25) is 0 Å². The molecule has 0 heterocycles. The molecule has 88 valence electrons. The van der Waals surface area contributed by atoms with E-state index in [0.29, 0.717) is 12.3 Å². The Labute approximate surface area is 97.0 Å². The fourth-order valence-corrected chi connectivity index (χ4v) is 1.65. The molecule has 1 aromatic carbocycles. The standard InChI is InChI=1S/C13H20N2O/c1-10(12-6-4-3-5-7-12)9-15-11(2)8-13(14)16/h3-7,10-11,15H,8-9H2,1-2H3,(H2,14,16). The summed E-state index contributed by atoms with van der Waals surface area (Å²) in [7, 11) is 0. The van der Waals surface area contributed by atoms with Crippen LogP contribution in [-0.2, 0) is 4.79 Å². The average Bonchev–Trinajstić information content (AvgIpc) is 2.26. The largest absolute Gasteiger partial charge is 0.370 e. The number of rotatable bonds is 6. The fraction of sp³-hybridized carbons (Fsp3) is 0.462. The van der Waals surface area contributed by atoms with E-state index in [4.69, 9.17) is 5.73 Å². The van der Waals surface area contributed by atoms with E-state index in [1.807, 2.05) is 25.1 Å². The Morgan fingerprint density at radius 3 is 2.50 bits per heavy atom. The van der Waals surface area contributed by atoms with Gasteiger partial charge in [0.25, 0.3) is 0 Å². The quantitative estimate of drug-likeness (QED) is 0.765. The maximum absolute atomic E-state index is 10.7. The van der Waals surface area contributed by atoms with Crippen LogP contribution in [-0.4, -0.2) is 18.5 Å². The second kappa shape index (κ2) is 6.28. The van der Waals surface area contributed by atoms with Crippen molar-refractivity contribution in [3.05, 3.63) is 35.9 Å². The maximum Gasteiger partial charge on any atom is 0.218 e. The average molecular weight is 220 g/mol. The third-order valence-electron chi connectivity index (χ3n) is 2.65. The Bertz CT molecular complexity index is 324. The molecule has 16 heavy (non-hydrogen) atoms. The van der Waals surface area contributed by atoms with Gasteiger partial charge < -0.3 is 11.1 Å². The predicted octanol–water partition coefficient (Wildman–Crippen LogP) is 1.64. The number of nitrogens with one attached hydrogen (secondary N) is 1. The third kappa shape index (κ3) is 4.45. The van der Waals surface area contributed by atoms with E-state index in [9.17, 15) is 4.79 Å². The molecule has 0 aliphatic carbocycles. The first-order valence-corrected chi connectivity index (χ1v) is 5.66. The minimum atomic E-state index is -0.257. The molecule has 0 aromatic heterocycles. The summed E-state index contributed by atoms with van der Waals surface area (Å²) in [5.41, 5.74) is 6.44. The van der Waals surface area contributed by atoms with Crippen LogP contribution in [0.3, 0.4) is 0 Å². The normalized spacial score (nSPS) is 14.4. The van der Waals surface area contributed by atoms with E-state index in [2.05, 4.69) is 24.4 Å². The summed E-state index contributed by atoms with van der Waals surface area (Å²) in [5.74, 6) is 0.184. The first-order chi connectivity index (χ1) is 7.59. The lowest BCUT2D eigenvalue weighted by atomic mass is 10.0. The molecule has 1 rings (SSSR count). The highest BCUT2D eigenvalue weighted by atomic mass is 16.1. The Kier molecular flexibility index (Phi) is 4.99. The first-order valence-electron chi connectivity index (χ1n) is 5.66. The second-order valence-electron chi connectivity index (χ2n) is 4.29. The number of hydrogen-bond donors (Lipinski definition) is 2. The van der Waals surface area contributed by atoms with Crippen molar-refractivity contribution in [3.8, 4) is 0 Å². The lowest BCUT2D eigenvalue weighted by Crippen LogP contribution is -2.33. The van der Waals surface area contributed by atoms with Crippen molar-refractivity contribution in [2.75, 3.05) is 6.54 Å². The van der Waals surface area contributed by atoms with Gasteiger partial charge >= 0.3 is 0 Å². The number of hydrogen-bond acceptors (Lipinski definition) is 2. The van der Waals surface area contributed by atoms with Gasteiger partial charge in [-0.15, -0.1) is 0 Å². The van der Waals surface area contributed by atoms with Crippen LogP contribution in [0.5, 0.6) is 0 Å². The number of carbonyl (C=O) groups excluding carboxylic acids is 1. The molecule has 3 heteroatoms. The molecule has 2 atom stereocenters. The van der Waals surface area contributed by atoms with Gasteiger partial charge in [-0.1, -0.05) is 37.3 Å². The zero-order valence-electron chi connectivity index (χ0n) is 9.94. The van der Waals surface area contributed by atoms with Crippen molar-refractivity contribution in [1.82, 2.24) is 5.32 Å². The van der Waals surface area contributed by atoms with E-state index in [1.54, 1.807) is 0 Å². The van der Waals surface area contributed by atoms with Gasteiger partial charge in [0.1, 0.15) is 0 Å². The van der Waals surface area contributed by atoms with Gasteiger partial charge in [0.05, 0.1) is 0 Å². The van der Waals surface area contributed by atoms with E-state index in [-0.39, 0.29) is 11.9 Å². The van der Waals surface area contributed by atoms with E-state index < -0.39 is 0 Å². The third-order valence-corrected chi connectivity index (χ3v) is 2.65. The molecular formula is C13H20N2O. The molecular weight excluding hydrogens is 200 g/mol. The molecule has 0 fully saturated rings. The van der Waals surface area contributed by atoms with Gasteiger partial charge in [-0.3, -0.25) is 4.79 Å². The van der Waals surface area contributed by atoms with Crippen molar-refractivity contribution >= 4 is 5.91 Å². The summed E-state index contributed by atoms with van der Waals surface area (Å²) < 4.78 is 0. The van der Waals surface area contributed by atoms with Crippen LogP contribution < -0.4 is 11.1 Å². The predicted molar refractivity (Wildman–Crippen MR) is 66.1 cm³/mol. The summed E-state index contributed by atoms with van der Waals surface area (Å²) in [6, 6.07) is 10.5. The lowest BCUT2D eigenvalue weighted by molar-refractivity contribution is -0.118. The van der Waals surface area contributed by atoms with Gasteiger partial charge in [0, 0.05) is 19.0 Å². The van der Waals surface area contributed by atoms with Gasteiger partial charge in [-0.05, 0) is 18.4 Å². The highest BCUT2D eigenvalue weighted by Crippen LogP contribution is 2.13. The van der Waals surface area contributed by atoms with Crippen molar-refractivity contribution in [2.24, 2.45) is 5.73 Å². The molecule has 2 unspecified atom stereocenters. The number of carbonyl (C=O) groups is 1. The van der Waals surface area contributed by atoms with Crippen molar-refractivity contribution in [3.63, 3.8) is 0 Å². The zero-order valence-corrected chi connectivity index (χ0v) is 9.94. The van der Waals surface area contributed by atoms with Crippen LogP contribution in [0.25, 0.3) is 0 Å². The van der Waals surface area contributed by atoms with Crippen LogP contribution in [0.15, 0.2) is 30.3 Å². The molecule has 1 aromatic rings. The van der Waals surface area contributed by atoms with Crippen molar-refractivity contribution < 1.29 is 4.79 Å². The van der Waals surface area contributed by atoms with Crippen LogP contribution >= 0.6 is 0 Å². The molecule has 3 N–H and O–H groups in total. The molecule has 0 aliphatic rings. The van der Waals surface area contributed by atoms with Crippen LogP contribution in [0, 0.1) is 0 Å². The molecule has 0 aliphatic heterocycles. The molecule has 0 saturated carbocycles. The Hall–Kier alpha value is -1.35. The minimum Gasteiger partial charge on any atom is -0.370 e. The summed E-state index contributed by atoms with van der Waals surface area (Å²) in [4.78, 5) is 10.7. The SMILES string of the molecule is CC(CC(N)=O)NCC(C)c1ccccc1. The molecule has 0 radical (unpaired) electrons. The number of primary amides is 1.